The van der Waals surface area contributed by atoms with E-state index >= 15 is 0 Å². The molecule has 40 heavy (non-hydrogen) atoms. The molecular weight excluding hydrogens is 508 g/mol. The number of phenolic OH excluding ortho intramolecular Hbond substituents is 1. The largest absolute Gasteiger partial charge is 0.507 e. The molecule has 0 saturated carbocycles. The van der Waals surface area contributed by atoms with Gasteiger partial charge in [-0.25, -0.2) is 9.97 Å². The maximum Gasteiger partial charge on any atom is 0.254 e. The zero-order valence-corrected chi connectivity index (χ0v) is 21.7. The van der Waals surface area contributed by atoms with E-state index in [0.717, 1.165) is 16.7 Å². The number of benzene rings is 3. The SMILES string of the molecule is COc1ncccc1-c1ccc(O)c(-c2nc3ccc(C(=O)N(C)Cc4nnc(-c5ccccc5)o4)cc3[nH]2)c1. The molecule has 0 radical (unpaired) electrons. The van der Waals surface area contributed by atoms with Crippen LogP contribution in [0.5, 0.6) is 11.6 Å². The highest BCUT2D eigenvalue weighted by atomic mass is 16.5. The van der Waals surface area contributed by atoms with Crippen LogP contribution in [0.1, 0.15) is 16.2 Å². The Bertz CT molecular complexity index is 1830. The lowest BCUT2D eigenvalue weighted by molar-refractivity contribution is 0.0773. The smallest absolute Gasteiger partial charge is 0.254 e. The average Bonchev–Trinajstić information content (AvgIpc) is 3.64. The summed E-state index contributed by atoms with van der Waals surface area (Å²) in [5.74, 6) is 1.53. The lowest BCUT2D eigenvalue weighted by Gasteiger charge is -2.14. The van der Waals surface area contributed by atoms with E-state index in [9.17, 15) is 9.90 Å². The second-order valence-electron chi connectivity index (χ2n) is 9.14. The Morgan fingerprint density at radius 3 is 2.65 bits per heavy atom. The van der Waals surface area contributed by atoms with E-state index in [1.807, 2.05) is 48.5 Å². The summed E-state index contributed by atoms with van der Waals surface area (Å²) in [6.07, 6.45) is 1.66. The zero-order valence-electron chi connectivity index (χ0n) is 21.7. The average molecular weight is 533 g/mol. The van der Waals surface area contributed by atoms with Crippen LogP contribution in [0.4, 0.5) is 0 Å². The molecule has 0 aliphatic carbocycles. The topological polar surface area (TPSA) is 130 Å². The normalized spacial score (nSPS) is 11.1. The van der Waals surface area contributed by atoms with Crippen LogP contribution in [0.2, 0.25) is 0 Å². The summed E-state index contributed by atoms with van der Waals surface area (Å²) in [4.78, 5) is 26.9. The van der Waals surface area contributed by atoms with E-state index in [-0.39, 0.29) is 18.2 Å². The minimum atomic E-state index is -0.217. The molecule has 0 aliphatic heterocycles. The van der Waals surface area contributed by atoms with E-state index in [0.29, 0.717) is 45.6 Å². The van der Waals surface area contributed by atoms with Gasteiger partial charge in [0.05, 0.1) is 30.3 Å². The molecule has 0 fully saturated rings. The van der Waals surface area contributed by atoms with Crippen molar-refractivity contribution in [1.82, 2.24) is 30.0 Å². The lowest BCUT2D eigenvalue weighted by atomic mass is 10.0. The van der Waals surface area contributed by atoms with Gasteiger partial charge in [0.25, 0.3) is 5.91 Å². The standard InChI is InChI=1S/C30H24N6O4/c1-36(17-26-34-35-28(40-26)18-7-4-3-5-8-18)30(38)20-10-12-23-24(16-20)33-27(32-23)22-15-19(11-13-25(22)37)21-9-6-14-31-29(21)39-2/h3-16,37H,17H2,1-2H3,(H,32,33). The van der Waals surface area contributed by atoms with E-state index in [1.165, 1.54) is 4.90 Å². The van der Waals surface area contributed by atoms with Gasteiger partial charge in [-0.3, -0.25) is 4.79 Å². The molecule has 3 aromatic carbocycles. The molecule has 3 heterocycles. The van der Waals surface area contributed by atoms with Crippen molar-refractivity contribution in [2.45, 2.75) is 6.54 Å². The zero-order chi connectivity index (χ0) is 27.6. The third-order valence-electron chi connectivity index (χ3n) is 6.46. The van der Waals surface area contributed by atoms with Crippen LogP contribution in [0.25, 0.3) is 45.0 Å². The molecule has 0 unspecified atom stereocenters. The number of rotatable bonds is 7. The maximum atomic E-state index is 13.2. The number of amides is 1. The highest BCUT2D eigenvalue weighted by Crippen LogP contribution is 2.35. The van der Waals surface area contributed by atoms with Crippen LogP contribution in [-0.2, 0) is 6.54 Å². The fourth-order valence-corrected chi connectivity index (χ4v) is 4.45. The number of methoxy groups -OCH3 is 1. The molecule has 1 amide bonds. The summed E-state index contributed by atoms with van der Waals surface area (Å²) in [6, 6.07) is 23.6. The number of ether oxygens (including phenoxy) is 1. The summed E-state index contributed by atoms with van der Waals surface area (Å²) < 4.78 is 11.1. The molecule has 10 heteroatoms. The molecular formula is C30H24N6O4. The van der Waals surface area contributed by atoms with Crippen LogP contribution < -0.4 is 4.74 Å². The first kappa shape index (κ1) is 24.8. The number of hydrogen-bond donors (Lipinski definition) is 2. The van der Waals surface area contributed by atoms with Crippen LogP contribution >= 0.6 is 0 Å². The van der Waals surface area contributed by atoms with E-state index in [4.69, 9.17) is 9.15 Å². The number of carbonyl (C=O) groups excluding carboxylic acids is 1. The number of phenols is 1. The van der Waals surface area contributed by atoms with Gasteiger partial charge in [0.1, 0.15) is 11.6 Å². The number of hydrogen-bond acceptors (Lipinski definition) is 8. The molecule has 3 aromatic heterocycles. The molecule has 0 saturated heterocycles. The van der Waals surface area contributed by atoms with Gasteiger partial charge in [0.2, 0.25) is 17.7 Å². The van der Waals surface area contributed by atoms with Gasteiger partial charge in [0, 0.05) is 29.9 Å². The molecule has 10 nitrogen and oxygen atoms in total. The monoisotopic (exact) mass is 532 g/mol. The van der Waals surface area contributed by atoms with Gasteiger partial charge in [-0.05, 0) is 60.2 Å². The number of fused-ring (bicyclic) bond motifs is 1. The van der Waals surface area contributed by atoms with Gasteiger partial charge in [0.15, 0.2) is 0 Å². The number of aromatic amines is 1. The molecule has 0 spiro atoms. The predicted octanol–water partition coefficient (Wildman–Crippen LogP) is 5.33. The van der Waals surface area contributed by atoms with Crippen molar-refractivity contribution in [2.75, 3.05) is 14.2 Å². The second-order valence-corrected chi connectivity index (χ2v) is 9.14. The Kier molecular flexibility index (Phi) is 6.41. The first-order valence-corrected chi connectivity index (χ1v) is 12.5. The lowest BCUT2D eigenvalue weighted by Crippen LogP contribution is -2.26. The quantitative estimate of drug-likeness (QED) is 0.282. The second kappa shape index (κ2) is 10.3. The summed E-state index contributed by atoms with van der Waals surface area (Å²) in [5, 5.41) is 18.8. The van der Waals surface area contributed by atoms with Crippen molar-refractivity contribution in [3.8, 4) is 45.6 Å². The molecule has 0 atom stereocenters. The number of aromatic hydroxyl groups is 1. The van der Waals surface area contributed by atoms with Crippen molar-refractivity contribution >= 4 is 16.9 Å². The molecule has 2 N–H and O–H groups in total. The fraction of sp³-hybridized carbons (Fsp3) is 0.100. The molecule has 0 bridgehead atoms. The number of pyridine rings is 1. The van der Waals surface area contributed by atoms with Crippen molar-refractivity contribution in [3.63, 3.8) is 0 Å². The Morgan fingerprint density at radius 2 is 1.82 bits per heavy atom. The highest BCUT2D eigenvalue weighted by molar-refractivity contribution is 5.97. The number of carbonyl (C=O) groups is 1. The third kappa shape index (κ3) is 4.73. The highest BCUT2D eigenvalue weighted by Gasteiger charge is 2.18. The molecule has 6 rings (SSSR count). The summed E-state index contributed by atoms with van der Waals surface area (Å²) in [5.41, 5.74) is 4.69. The fourth-order valence-electron chi connectivity index (χ4n) is 4.45. The van der Waals surface area contributed by atoms with Gasteiger partial charge in [-0.15, -0.1) is 10.2 Å². The van der Waals surface area contributed by atoms with Crippen LogP contribution in [0, 0.1) is 0 Å². The number of aromatic nitrogens is 5. The van der Waals surface area contributed by atoms with E-state index in [1.54, 1.807) is 50.7 Å². The van der Waals surface area contributed by atoms with Gasteiger partial charge in [-0.2, -0.15) is 0 Å². The van der Waals surface area contributed by atoms with Crippen molar-refractivity contribution in [2.24, 2.45) is 0 Å². The van der Waals surface area contributed by atoms with Crippen LogP contribution in [0.15, 0.2) is 89.5 Å². The van der Waals surface area contributed by atoms with Crippen LogP contribution in [0.3, 0.4) is 0 Å². The number of imidazole rings is 1. The van der Waals surface area contributed by atoms with E-state index in [2.05, 4.69) is 25.1 Å². The number of nitrogens with zero attached hydrogens (tertiary/aromatic N) is 5. The molecule has 0 aliphatic rings. The number of nitrogens with one attached hydrogen (secondary N) is 1. The molecule has 198 valence electrons. The summed E-state index contributed by atoms with van der Waals surface area (Å²) >= 11 is 0. The minimum Gasteiger partial charge on any atom is -0.507 e. The van der Waals surface area contributed by atoms with Gasteiger partial charge in [-0.1, -0.05) is 24.3 Å². The summed E-state index contributed by atoms with van der Waals surface area (Å²) in [6.45, 7) is 0.156. The third-order valence-corrected chi connectivity index (χ3v) is 6.46. The first-order valence-electron chi connectivity index (χ1n) is 12.5. The van der Waals surface area contributed by atoms with E-state index < -0.39 is 0 Å². The molecule has 6 aromatic rings. The number of H-pyrrole nitrogens is 1. The minimum absolute atomic E-state index is 0.0659. The van der Waals surface area contributed by atoms with Crippen molar-refractivity contribution in [3.05, 3.63) is 96.5 Å². The maximum absolute atomic E-state index is 13.2. The van der Waals surface area contributed by atoms with Crippen molar-refractivity contribution < 1.29 is 19.1 Å². The Hall–Kier alpha value is -5.51. The van der Waals surface area contributed by atoms with Gasteiger partial charge >= 0.3 is 0 Å². The van der Waals surface area contributed by atoms with Crippen LogP contribution in [-0.4, -0.2) is 55.2 Å². The Labute approximate surface area is 228 Å². The Balaban J connectivity index is 1.24. The first-order chi connectivity index (χ1) is 19.5. The van der Waals surface area contributed by atoms with Gasteiger partial charge < -0.3 is 24.1 Å². The predicted molar refractivity (Wildman–Crippen MR) is 149 cm³/mol. The van der Waals surface area contributed by atoms with Crippen molar-refractivity contribution in [1.29, 1.82) is 0 Å². The summed E-state index contributed by atoms with van der Waals surface area (Å²) in [7, 11) is 3.24. The Morgan fingerprint density at radius 1 is 0.975 bits per heavy atom.